The molecule has 2 nitrogen and oxygen atoms in total. The van der Waals surface area contributed by atoms with E-state index in [0.29, 0.717) is 5.75 Å². The summed E-state index contributed by atoms with van der Waals surface area (Å²) in [4.78, 5) is 0. The van der Waals surface area contributed by atoms with Gasteiger partial charge < -0.3 is 10.1 Å². The first-order valence-corrected chi connectivity index (χ1v) is 6.18. The molecule has 0 radical (unpaired) electrons. The standard InChI is InChI=1S/C14H20FNO/c1-4-16-13(14(2)8-9-14)10-6-5-7-11(17-3)12(10)15/h5-7,13,16H,4,8-9H2,1-3H3. The van der Waals surface area contributed by atoms with Crippen molar-refractivity contribution in [2.24, 2.45) is 5.41 Å². The van der Waals surface area contributed by atoms with Crippen LogP contribution in [0.5, 0.6) is 5.75 Å². The normalized spacial score (nSPS) is 18.8. The van der Waals surface area contributed by atoms with Crippen LogP contribution in [0.4, 0.5) is 4.39 Å². The van der Waals surface area contributed by atoms with E-state index < -0.39 is 0 Å². The van der Waals surface area contributed by atoms with Gasteiger partial charge in [0.15, 0.2) is 11.6 Å². The predicted molar refractivity (Wildman–Crippen MR) is 66.7 cm³/mol. The first-order valence-electron chi connectivity index (χ1n) is 6.18. The second-order valence-corrected chi connectivity index (χ2v) is 5.01. The monoisotopic (exact) mass is 237 g/mol. The van der Waals surface area contributed by atoms with Crippen molar-refractivity contribution in [1.29, 1.82) is 0 Å². The van der Waals surface area contributed by atoms with Gasteiger partial charge in [0.2, 0.25) is 0 Å². The Morgan fingerprint density at radius 2 is 2.18 bits per heavy atom. The number of ether oxygens (including phenoxy) is 1. The van der Waals surface area contributed by atoms with Gasteiger partial charge in [0.05, 0.1) is 7.11 Å². The lowest BCUT2D eigenvalue weighted by Crippen LogP contribution is -2.28. The Hall–Kier alpha value is -1.09. The summed E-state index contributed by atoms with van der Waals surface area (Å²) in [5.41, 5.74) is 0.926. The van der Waals surface area contributed by atoms with Gasteiger partial charge in [-0.05, 0) is 30.9 Å². The van der Waals surface area contributed by atoms with Gasteiger partial charge in [-0.2, -0.15) is 0 Å². The Morgan fingerprint density at radius 1 is 1.47 bits per heavy atom. The second kappa shape index (κ2) is 4.65. The summed E-state index contributed by atoms with van der Waals surface area (Å²) in [7, 11) is 1.50. The van der Waals surface area contributed by atoms with Crippen molar-refractivity contribution >= 4 is 0 Å². The van der Waals surface area contributed by atoms with Crippen molar-refractivity contribution < 1.29 is 9.13 Å². The summed E-state index contributed by atoms with van der Waals surface area (Å²) in [5.74, 6) is 0.101. The zero-order valence-corrected chi connectivity index (χ0v) is 10.7. The molecule has 1 aromatic carbocycles. The highest BCUT2D eigenvalue weighted by Crippen LogP contribution is 2.55. The van der Waals surface area contributed by atoms with Crippen molar-refractivity contribution in [2.75, 3.05) is 13.7 Å². The zero-order chi connectivity index (χ0) is 12.5. The van der Waals surface area contributed by atoms with E-state index in [1.807, 2.05) is 12.1 Å². The molecule has 0 saturated heterocycles. The number of hydrogen-bond acceptors (Lipinski definition) is 2. The number of methoxy groups -OCH3 is 1. The maximum absolute atomic E-state index is 14.2. The number of halogens is 1. The van der Waals surface area contributed by atoms with Crippen LogP contribution in [0.1, 0.15) is 38.3 Å². The average Bonchev–Trinajstić information content (AvgIpc) is 3.06. The Bertz CT molecular complexity index is 401. The quantitative estimate of drug-likeness (QED) is 0.848. The average molecular weight is 237 g/mol. The van der Waals surface area contributed by atoms with E-state index in [-0.39, 0.29) is 17.3 Å². The highest BCUT2D eigenvalue weighted by Gasteiger charge is 2.46. The minimum atomic E-state index is -0.228. The molecule has 0 heterocycles. The molecular weight excluding hydrogens is 217 g/mol. The van der Waals surface area contributed by atoms with Gasteiger partial charge in [-0.25, -0.2) is 4.39 Å². The Morgan fingerprint density at radius 3 is 2.71 bits per heavy atom. The molecule has 0 bridgehead atoms. The molecule has 0 amide bonds. The maximum Gasteiger partial charge on any atom is 0.169 e. The van der Waals surface area contributed by atoms with Crippen molar-refractivity contribution in [3.63, 3.8) is 0 Å². The summed E-state index contributed by atoms with van der Waals surface area (Å²) >= 11 is 0. The molecule has 2 rings (SSSR count). The molecule has 94 valence electrons. The highest BCUT2D eigenvalue weighted by atomic mass is 19.1. The zero-order valence-electron chi connectivity index (χ0n) is 10.7. The van der Waals surface area contributed by atoms with Crippen LogP contribution in [0.15, 0.2) is 18.2 Å². The molecule has 1 aromatic rings. The summed E-state index contributed by atoms with van der Waals surface area (Å²) < 4.78 is 19.3. The Balaban J connectivity index is 2.36. The minimum Gasteiger partial charge on any atom is -0.494 e. The van der Waals surface area contributed by atoms with Gasteiger partial charge in [-0.3, -0.25) is 0 Å². The summed E-state index contributed by atoms with van der Waals surface area (Å²) in [6.07, 6.45) is 2.31. The van der Waals surface area contributed by atoms with Crippen LogP contribution in [0.25, 0.3) is 0 Å². The molecule has 0 aromatic heterocycles. The van der Waals surface area contributed by atoms with Gasteiger partial charge in [0, 0.05) is 11.6 Å². The fourth-order valence-electron chi connectivity index (χ4n) is 2.33. The van der Waals surface area contributed by atoms with Crippen LogP contribution in [-0.4, -0.2) is 13.7 Å². The number of nitrogens with one attached hydrogen (secondary N) is 1. The molecule has 1 fully saturated rings. The molecule has 1 saturated carbocycles. The van der Waals surface area contributed by atoms with E-state index in [9.17, 15) is 4.39 Å². The molecule has 3 heteroatoms. The van der Waals surface area contributed by atoms with Crippen LogP contribution in [0, 0.1) is 11.2 Å². The Kier molecular flexibility index (Phi) is 3.38. The van der Waals surface area contributed by atoms with Gasteiger partial charge >= 0.3 is 0 Å². The molecule has 1 unspecified atom stereocenters. The van der Waals surface area contributed by atoms with Gasteiger partial charge in [-0.1, -0.05) is 26.0 Å². The summed E-state index contributed by atoms with van der Waals surface area (Å²) in [6.45, 7) is 5.10. The van der Waals surface area contributed by atoms with Crippen LogP contribution >= 0.6 is 0 Å². The number of rotatable bonds is 5. The fourth-order valence-corrected chi connectivity index (χ4v) is 2.33. The molecule has 1 N–H and O–H groups in total. The van der Waals surface area contributed by atoms with Crippen LogP contribution < -0.4 is 10.1 Å². The third kappa shape index (κ3) is 2.29. The van der Waals surface area contributed by atoms with E-state index in [2.05, 4.69) is 19.2 Å². The van der Waals surface area contributed by atoms with E-state index in [1.54, 1.807) is 6.07 Å². The molecule has 0 aliphatic heterocycles. The SMILES string of the molecule is CCNC(c1cccc(OC)c1F)C1(C)CC1. The van der Waals surface area contributed by atoms with Crippen LogP contribution in [0.2, 0.25) is 0 Å². The van der Waals surface area contributed by atoms with E-state index >= 15 is 0 Å². The first-order chi connectivity index (χ1) is 8.12. The van der Waals surface area contributed by atoms with Gasteiger partial charge in [0.25, 0.3) is 0 Å². The topological polar surface area (TPSA) is 21.3 Å². The lowest BCUT2D eigenvalue weighted by atomic mass is 9.91. The van der Waals surface area contributed by atoms with Crippen LogP contribution in [0.3, 0.4) is 0 Å². The van der Waals surface area contributed by atoms with Crippen LogP contribution in [-0.2, 0) is 0 Å². The summed E-state index contributed by atoms with van der Waals surface area (Å²) in [6, 6.07) is 5.46. The van der Waals surface area contributed by atoms with E-state index in [0.717, 1.165) is 24.9 Å². The first kappa shape index (κ1) is 12.4. The lowest BCUT2D eigenvalue weighted by molar-refractivity contribution is 0.345. The number of hydrogen-bond donors (Lipinski definition) is 1. The number of benzene rings is 1. The minimum absolute atomic E-state index is 0.0857. The third-order valence-corrected chi connectivity index (χ3v) is 3.67. The molecule has 1 atom stereocenters. The van der Waals surface area contributed by atoms with Gasteiger partial charge in [-0.15, -0.1) is 0 Å². The van der Waals surface area contributed by atoms with Crippen molar-refractivity contribution in [1.82, 2.24) is 5.32 Å². The lowest BCUT2D eigenvalue weighted by Gasteiger charge is -2.25. The smallest absolute Gasteiger partial charge is 0.169 e. The summed E-state index contributed by atoms with van der Waals surface area (Å²) in [5, 5.41) is 3.40. The molecule has 1 aliphatic carbocycles. The third-order valence-electron chi connectivity index (χ3n) is 3.67. The van der Waals surface area contributed by atoms with E-state index in [1.165, 1.54) is 7.11 Å². The van der Waals surface area contributed by atoms with Crippen molar-refractivity contribution in [3.05, 3.63) is 29.6 Å². The molecule has 17 heavy (non-hydrogen) atoms. The maximum atomic E-state index is 14.2. The van der Waals surface area contributed by atoms with E-state index in [4.69, 9.17) is 4.74 Å². The predicted octanol–water partition coefficient (Wildman–Crippen LogP) is 3.29. The molecule has 1 aliphatic rings. The fraction of sp³-hybridized carbons (Fsp3) is 0.571. The molecular formula is C14H20FNO. The van der Waals surface area contributed by atoms with Crippen molar-refractivity contribution in [3.8, 4) is 5.75 Å². The molecule has 0 spiro atoms. The Labute approximate surface area is 102 Å². The van der Waals surface area contributed by atoms with Crippen molar-refractivity contribution in [2.45, 2.75) is 32.7 Å². The highest BCUT2D eigenvalue weighted by molar-refractivity contribution is 5.34. The second-order valence-electron chi connectivity index (χ2n) is 5.01. The largest absolute Gasteiger partial charge is 0.494 e. The van der Waals surface area contributed by atoms with Gasteiger partial charge in [0.1, 0.15) is 0 Å².